The highest BCUT2D eigenvalue weighted by molar-refractivity contribution is 6.09. The maximum Gasteiger partial charge on any atom is 0.164 e. The molecule has 0 saturated heterocycles. The lowest BCUT2D eigenvalue weighted by atomic mass is 9.90. The van der Waals surface area contributed by atoms with E-state index < -0.39 is 0 Å². The average molecular weight is 526 g/mol. The number of rotatable bonds is 4. The Hall–Kier alpha value is -5.61. The molecule has 0 bridgehead atoms. The Morgan fingerprint density at radius 1 is 0.366 bits per heavy atom. The summed E-state index contributed by atoms with van der Waals surface area (Å²) in [5.74, 6) is 3.61. The standard InChI is InChI=1S/C37H23N3O/c1-4-11-24(12-5-1)27-19-21-32-31(23-27)29-18-10-17-28-30(20-22-33(41-32)34(28)29)37-39-35(25-13-6-2-7-14-25)38-36(40-37)26-15-8-3-9-16-26/h1-23H. The van der Waals surface area contributed by atoms with Gasteiger partial charge in [-0.05, 0) is 46.3 Å². The summed E-state index contributed by atoms with van der Waals surface area (Å²) in [6.45, 7) is 0. The van der Waals surface area contributed by atoms with Crippen LogP contribution in [0.5, 0.6) is 11.5 Å². The zero-order chi connectivity index (χ0) is 27.2. The van der Waals surface area contributed by atoms with Crippen molar-refractivity contribution in [3.8, 4) is 67.9 Å². The van der Waals surface area contributed by atoms with Crippen LogP contribution in [-0.2, 0) is 0 Å². The third-order valence-electron chi connectivity index (χ3n) is 7.54. The molecule has 0 amide bonds. The number of hydrogen-bond donors (Lipinski definition) is 0. The Kier molecular flexibility index (Phi) is 5.42. The van der Waals surface area contributed by atoms with E-state index in [0.717, 1.165) is 55.7 Å². The molecule has 7 aromatic rings. The van der Waals surface area contributed by atoms with Gasteiger partial charge in [0.2, 0.25) is 0 Å². The highest BCUT2D eigenvalue weighted by Gasteiger charge is 2.23. The minimum atomic E-state index is 0.630. The second kappa shape index (κ2) is 9.54. The Morgan fingerprint density at radius 3 is 1.61 bits per heavy atom. The van der Waals surface area contributed by atoms with E-state index in [1.165, 1.54) is 5.56 Å². The number of nitrogens with zero attached hydrogens (tertiary/aromatic N) is 3. The largest absolute Gasteiger partial charge is 0.456 e. The fraction of sp³-hybridized carbons (Fsp3) is 0. The summed E-state index contributed by atoms with van der Waals surface area (Å²) >= 11 is 0. The molecule has 0 saturated carbocycles. The lowest BCUT2D eigenvalue weighted by Crippen LogP contribution is -2.02. The van der Waals surface area contributed by atoms with Crippen LogP contribution in [0.15, 0.2) is 140 Å². The predicted octanol–water partition coefficient (Wildman–Crippen LogP) is 9.47. The second-order valence-corrected chi connectivity index (χ2v) is 10.1. The van der Waals surface area contributed by atoms with Crippen molar-refractivity contribution in [1.82, 2.24) is 15.0 Å². The smallest absolute Gasteiger partial charge is 0.164 e. The van der Waals surface area contributed by atoms with Gasteiger partial charge in [0.25, 0.3) is 0 Å². The fourth-order valence-electron chi connectivity index (χ4n) is 5.57. The molecule has 1 aromatic heterocycles. The van der Waals surface area contributed by atoms with Crippen molar-refractivity contribution in [3.63, 3.8) is 0 Å². The van der Waals surface area contributed by atoms with Gasteiger partial charge in [-0.15, -0.1) is 0 Å². The van der Waals surface area contributed by atoms with E-state index >= 15 is 0 Å². The van der Waals surface area contributed by atoms with Crippen LogP contribution >= 0.6 is 0 Å². The summed E-state index contributed by atoms with van der Waals surface area (Å²) in [6.07, 6.45) is 0. The molecule has 1 aliphatic heterocycles. The summed E-state index contributed by atoms with van der Waals surface area (Å²) in [7, 11) is 0. The van der Waals surface area contributed by atoms with Crippen molar-refractivity contribution in [2.24, 2.45) is 0 Å². The van der Waals surface area contributed by atoms with E-state index in [0.29, 0.717) is 17.5 Å². The van der Waals surface area contributed by atoms with E-state index in [2.05, 4.69) is 66.7 Å². The molecule has 4 heteroatoms. The fourth-order valence-corrected chi connectivity index (χ4v) is 5.57. The first-order valence-electron chi connectivity index (χ1n) is 13.6. The van der Waals surface area contributed by atoms with E-state index in [1.807, 2.05) is 72.8 Å². The lowest BCUT2D eigenvalue weighted by molar-refractivity contribution is 0.487. The molecule has 1 aliphatic rings. The van der Waals surface area contributed by atoms with Gasteiger partial charge in [-0.25, -0.2) is 15.0 Å². The molecule has 0 atom stereocenters. The van der Waals surface area contributed by atoms with Crippen molar-refractivity contribution in [2.75, 3.05) is 0 Å². The first kappa shape index (κ1) is 23.3. The number of hydrogen-bond acceptors (Lipinski definition) is 4. The molecule has 0 spiro atoms. The van der Waals surface area contributed by atoms with Gasteiger partial charge in [0.05, 0.1) is 0 Å². The van der Waals surface area contributed by atoms with Crippen molar-refractivity contribution in [3.05, 3.63) is 140 Å². The van der Waals surface area contributed by atoms with Crippen LogP contribution < -0.4 is 4.74 Å². The molecule has 0 aliphatic carbocycles. The summed E-state index contributed by atoms with van der Waals surface area (Å²) < 4.78 is 6.46. The number of ether oxygens (including phenoxy) is 1. The van der Waals surface area contributed by atoms with E-state index in [1.54, 1.807) is 0 Å². The van der Waals surface area contributed by atoms with Gasteiger partial charge in [0, 0.05) is 27.6 Å². The molecule has 4 nitrogen and oxygen atoms in total. The first-order valence-corrected chi connectivity index (χ1v) is 13.6. The predicted molar refractivity (Wildman–Crippen MR) is 165 cm³/mol. The zero-order valence-corrected chi connectivity index (χ0v) is 22.0. The van der Waals surface area contributed by atoms with Gasteiger partial charge >= 0.3 is 0 Å². The molecular weight excluding hydrogens is 502 g/mol. The molecule has 6 aromatic carbocycles. The van der Waals surface area contributed by atoms with Crippen LogP contribution in [0.25, 0.3) is 67.2 Å². The molecule has 0 unspecified atom stereocenters. The van der Waals surface area contributed by atoms with Crippen LogP contribution in [0.4, 0.5) is 0 Å². The maximum atomic E-state index is 6.46. The minimum absolute atomic E-state index is 0.630. The number of aromatic nitrogens is 3. The summed E-state index contributed by atoms with van der Waals surface area (Å²) in [5.41, 5.74) is 7.37. The molecule has 0 N–H and O–H groups in total. The summed E-state index contributed by atoms with van der Waals surface area (Å²) in [4.78, 5) is 14.8. The highest BCUT2D eigenvalue weighted by Crippen LogP contribution is 2.49. The van der Waals surface area contributed by atoms with Gasteiger partial charge in [0.15, 0.2) is 17.5 Å². The molecule has 2 heterocycles. The Balaban J connectivity index is 1.34. The molecule has 41 heavy (non-hydrogen) atoms. The average Bonchev–Trinajstić information content (AvgIpc) is 3.06. The third kappa shape index (κ3) is 4.05. The maximum absolute atomic E-state index is 6.46. The highest BCUT2D eigenvalue weighted by atomic mass is 16.5. The Labute approximate surface area is 237 Å². The zero-order valence-electron chi connectivity index (χ0n) is 22.0. The third-order valence-corrected chi connectivity index (χ3v) is 7.54. The topological polar surface area (TPSA) is 47.9 Å². The molecule has 8 rings (SSSR count). The summed E-state index contributed by atoms with van der Waals surface area (Å²) in [6, 6.07) is 47.4. The van der Waals surface area contributed by atoms with Crippen LogP contribution in [0.2, 0.25) is 0 Å². The minimum Gasteiger partial charge on any atom is -0.456 e. The summed E-state index contributed by atoms with van der Waals surface area (Å²) in [5, 5.41) is 2.10. The van der Waals surface area contributed by atoms with Crippen molar-refractivity contribution >= 4 is 10.8 Å². The second-order valence-electron chi connectivity index (χ2n) is 10.1. The lowest BCUT2D eigenvalue weighted by Gasteiger charge is -2.23. The van der Waals surface area contributed by atoms with Gasteiger partial charge in [-0.1, -0.05) is 115 Å². The van der Waals surface area contributed by atoms with E-state index in [-0.39, 0.29) is 0 Å². The van der Waals surface area contributed by atoms with Crippen molar-refractivity contribution in [2.45, 2.75) is 0 Å². The normalized spacial score (nSPS) is 11.6. The molecule has 0 radical (unpaired) electrons. The number of fused-ring (bicyclic) bond motifs is 2. The van der Waals surface area contributed by atoms with E-state index in [9.17, 15) is 0 Å². The molecule has 192 valence electrons. The SMILES string of the molecule is c1ccc(-c2ccc3c(c2)-c2cccc4c(-c5nc(-c6ccccc6)nc(-c6ccccc6)n5)ccc(c24)O3)cc1. The molecular formula is C37H23N3O. The van der Waals surface area contributed by atoms with Crippen LogP contribution in [0.3, 0.4) is 0 Å². The Bertz CT molecular complexity index is 2000. The van der Waals surface area contributed by atoms with Gasteiger partial charge < -0.3 is 4.74 Å². The van der Waals surface area contributed by atoms with Gasteiger partial charge in [-0.2, -0.15) is 0 Å². The van der Waals surface area contributed by atoms with Crippen LogP contribution in [-0.4, -0.2) is 15.0 Å². The number of benzene rings is 6. The van der Waals surface area contributed by atoms with Crippen molar-refractivity contribution < 1.29 is 4.74 Å². The van der Waals surface area contributed by atoms with E-state index in [4.69, 9.17) is 19.7 Å². The quantitative estimate of drug-likeness (QED) is 0.230. The first-order chi connectivity index (χ1) is 20.3. The monoisotopic (exact) mass is 525 g/mol. The van der Waals surface area contributed by atoms with Crippen molar-refractivity contribution in [1.29, 1.82) is 0 Å². The van der Waals surface area contributed by atoms with Crippen LogP contribution in [0, 0.1) is 0 Å². The molecule has 0 fully saturated rings. The van der Waals surface area contributed by atoms with Gasteiger partial charge in [0.1, 0.15) is 11.5 Å². The van der Waals surface area contributed by atoms with Crippen LogP contribution in [0.1, 0.15) is 0 Å². The van der Waals surface area contributed by atoms with Gasteiger partial charge in [-0.3, -0.25) is 0 Å². The Morgan fingerprint density at radius 2 is 0.951 bits per heavy atom.